The smallest absolute Gasteiger partial charge is 0.123 e. The van der Waals surface area contributed by atoms with Crippen LogP contribution >= 0.6 is 11.3 Å². The Morgan fingerprint density at radius 1 is 1.35 bits per heavy atom. The Morgan fingerprint density at radius 3 is 2.95 bits per heavy atom. The van der Waals surface area contributed by atoms with Crippen LogP contribution in [0.15, 0.2) is 30.5 Å². The van der Waals surface area contributed by atoms with Gasteiger partial charge in [0, 0.05) is 23.2 Å². The number of hydrogen-bond donors (Lipinski definition) is 1. The quantitative estimate of drug-likeness (QED) is 0.780. The summed E-state index contributed by atoms with van der Waals surface area (Å²) in [6.45, 7) is 8.19. The van der Waals surface area contributed by atoms with E-state index in [0.717, 1.165) is 35.8 Å². The van der Waals surface area contributed by atoms with E-state index in [0.29, 0.717) is 0 Å². The average Bonchev–Trinajstić information content (AvgIpc) is 2.87. The Morgan fingerprint density at radius 2 is 2.20 bits per heavy atom. The van der Waals surface area contributed by atoms with Crippen molar-refractivity contribution in [2.75, 3.05) is 6.54 Å². The molecule has 0 aliphatic heterocycles. The summed E-state index contributed by atoms with van der Waals surface area (Å²) in [6.07, 6.45) is 3.30. The molecule has 2 rings (SSSR count). The van der Waals surface area contributed by atoms with Gasteiger partial charge in [0.2, 0.25) is 0 Å². The van der Waals surface area contributed by atoms with Gasteiger partial charge in [-0.3, -0.25) is 0 Å². The Labute approximate surface area is 125 Å². The number of benzene rings is 1. The highest BCUT2D eigenvalue weighted by atomic mass is 32.1. The van der Waals surface area contributed by atoms with Crippen molar-refractivity contribution < 1.29 is 4.74 Å². The zero-order valence-corrected chi connectivity index (χ0v) is 13.2. The van der Waals surface area contributed by atoms with Gasteiger partial charge in [0.25, 0.3) is 0 Å². The normalized spacial score (nSPS) is 11.0. The number of ether oxygens (including phenoxy) is 1. The maximum absolute atomic E-state index is 5.73. The Balaban J connectivity index is 2.07. The molecule has 0 fully saturated rings. The molecule has 0 amide bonds. The van der Waals surface area contributed by atoms with Gasteiger partial charge < -0.3 is 10.1 Å². The molecule has 1 aromatic carbocycles. The van der Waals surface area contributed by atoms with Crippen molar-refractivity contribution in [3.05, 3.63) is 35.3 Å². The molecule has 0 atom stereocenters. The number of nitrogens with one attached hydrogen (secondary N) is 1. The van der Waals surface area contributed by atoms with Crippen molar-refractivity contribution in [1.82, 2.24) is 10.3 Å². The fraction of sp³-hybridized carbons (Fsp3) is 0.438. The Hall–Kier alpha value is -1.39. The van der Waals surface area contributed by atoms with Crippen molar-refractivity contribution >= 4 is 11.3 Å². The minimum atomic E-state index is 0.190. The lowest BCUT2D eigenvalue weighted by molar-refractivity contribution is 0.242. The maximum Gasteiger partial charge on any atom is 0.123 e. The molecular weight excluding hydrogens is 268 g/mol. The topological polar surface area (TPSA) is 34.2 Å². The highest BCUT2D eigenvalue weighted by molar-refractivity contribution is 7.15. The number of nitrogens with zero attached hydrogens (tertiary/aromatic N) is 1. The molecule has 0 saturated carbocycles. The molecule has 0 aliphatic carbocycles. The summed E-state index contributed by atoms with van der Waals surface area (Å²) in [5.74, 6) is 0.901. The molecule has 1 N–H and O–H groups in total. The van der Waals surface area contributed by atoms with Gasteiger partial charge in [-0.1, -0.05) is 19.1 Å². The number of thiazole rings is 1. The van der Waals surface area contributed by atoms with Crippen LogP contribution in [0.1, 0.15) is 32.1 Å². The standard InChI is InChI=1S/C16H22N2OS/c1-4-8-17-10-15-11-18-16(20-15)13-6-5-7-14(9-13)19-12(2)3/h5-7,9,11-12,17H,4,8,10H2,1-3H3. The molecule has 0 bridgehead atoms. The van der Waals surface area contributed by atoms with Gasteiger partial charge in [-0.25, -0.2) is 4.98 Å². The summed E-state index contributed by atoms with van der Waals surface area (Å²) in [5, 5.41) is 4.45. The van der Waals surface area contributed by atoms with Crippen LogP contribution in [-0.4, -0.2) is 17.6 Å². The minimum Gasteiger partial charge on any atom is -0.491 e. The van der Waals surface area contributed by atoms with Gasteiger partial charge in [0.05, 0.1) is 6.10 Å². The van der Waals surface area contributed by atoms with Crippen molar-refractivity contribution in [3.63, 3.8) is 0 Å². The zero-order valence-electron chi connectivity index (χ0n) is 12.3. The lowest BCUT2D eigenvalue weighted by Crippen LogP contribution is -2.12. The first-order chi connectivity index (χ1) is 9.69. The van der Waals surface area contributed by atoms with Crippen LogP contribution in [0.2, 0.25) is 0 Å². The first kappa shape index (κ1) is 15.0. The molecule has 0 unspecified atom stereocenters. The Kier molecular flexibility index (Phi) is 5.56. The fourth-order valence-electron chi connectivity index (χ4n) is 1.89. The molecule has 20 heavy (non-hydrogen) atoms. The van der Waals surface area contributed by atoms with Gasteiger partial charge in [0.15, 0.2) is 0 Å². The molecule has 0 spiro atoms. The predicted molar refractivity (Wildman–Crippen MR) is 85.3 cm³/mol. The molecule has 0 saturated heterocycles. The van der Waals surface area contributed by atoms with E-state index in [-0.39, 0.29) is 6.10 Å². The van der Waals surface area contributed by atoms with Gasteiger partial charge in [-0.15, -0.1) is 11.3 Å². The second-order valence-corrected chi connectivity index (χ2v) is 6.12. The molecule has 108 valence electrons. The molecule has 4 heteroatoms. The van der Waals surface area contributed by atoms with Crippen LogP contribution < -0.4 is 10.1 Å². The van der Waals surface area contributed by atoms with Crippen LogP contribution in [0.4, 0.5) is 0 Å². The van der Waals surface area contributed by atoms with Crippen LogP contribution in [0.3, 0.4) is 0 Å². The highest BCUT2D eigenvalue weighted by Gasteiger charge is 2.06. The van der Waals surface area contributed by atoms with Gasteiger partial charge in [-0.2, -0.15) is 0 Å². The van der Waals surface area contributed by atoms with Crippen LogP contribution in [0.25, 0.3) is 10.6 Å². The van der Waals surface area contributed by atoms with E-state index in [1.807, 2.05) is 32.2 Å². The van der Waals surface area contributed by atoms with E-state index in [1.165, 1.54) is 4.88 Å². The molecule has 1 heterocycles. The van der Waals surface area contributed by atoms with Crippen molar-refractivity contribution in [2.45, 2.75) is 39.8 Å². The summed E-state index contributed by atoms with van der Waals surface area (Å²) >= 11 is 1.73. The second kappa shape index (κ2) is 7.41. The molecular formula is C16H22N2OS. The lowest BCUT2D eigenvalue weighted by Gasteiger charge is -2.09. The van der Waals surface area contributed by atoms with E-state index < -0.39 is 0 Å². The molecule has 1 aromatic heterocycles. The summed E-state index contributed by atoms with van der Waals surface area (Å²) in [4.78, 5) is 5.78. The molecule has 3 nitrogen and oxygen atoms in total. The monoisotopic (exact) mass is 290 g/mol. The fourth-order valence-corrected chi connectivity index (χ4v) is 2.76. The summed E-state index contributed by atoms with van der Waals surface area (Å²) in [7, 11) is 0. The summed E-state index contributed by atoms with van der Waals surface area (Å²) in [5.41, 5.74) is 1.12. The predicted octanol–water partition coefficient (Wildman–Crippen LogP) is 4.10. The van der Waals surface area contributed by atoms with Gasteiger partial charge in [0.1, 0.15) is 10.8 Å². The van der Waals surface area contributed by atoms with E-state index in [4.69, 9.17) is 4.74 Å². The van der Waals surface area contributed by atoms with Crippen molar-refractivity contribution in [2.24, 2.45) is 0 Å². The van der Waals surface area contributed by atoms with E-state index >= 15 is 0 Å². The summed E-state index contributed by atoms with van der Waals surface area (Å²) < 4.78 is 5.73. The van der Waals surface area contributed by atoms with Crippen LogP contribution in [0, 0.1) is 0 Å². The number of rotatable bonds is 7. The second-order valence-electron chi connectivity index (χ2n) is 5.00. The highest BCUT2D eigenvalue weighted by Crippen LogP contribution is 2.28. The Bertz CT molecular complexity index is 537. The largest absolute Gasteiger partial charge is 0.491 e. The molecule has 2 aromatic rings. The molecule has 0 aliphatic rings. The third-order valence-electron chi connectivity index (χ3n) is 2.73. The van der Waals surface area contributed by atoms with Crippen molar-refractivity contribution in [3.8, 4) is 16.3 Å². The third-order valence-corrected chi connectivity index (χ3v) is 3.78. The first-order valence-corrected chi connectivity index (χ1v) is 7.93. The lowest BCUT2D eigenvalue weighted by atomic mass is 10.2. The van der Waals surface area contributed by atoms with Crippen LogP contribution in [0.5, 0.6) is 5.75 Å². The summed E-state index contributed by atoms with van der Waals surface area (Å²) in [6, 6.07) is 8.14. The van der Waals surface area contributed by atoms with E-state index in [1.54, 1.807) is 11.3 Å². The van der Waals surface area contributed by atoms with E-state index in [2.05, 4.69) is 29.4 Å². The number of aromatic nitrogens is 1. The van der Waals surface area contributed by atoms with Gasteiger partial charge in [-0.05, 0) is 38.9 Å². The van der Waals surface area contributed by atoms with Crippen LogP contribution in [-0.2, 0) is 6.54 Å². The number of hydrogen-bond acceptors (Lipinski definition) is 4. The minimum absolute atomic E-state index is 0.190. The van der Waals surface area contributed by atoms with Crippen molar-refractivity contribution in [1.29, 1.82) is 0 Å². The average molecular weight is 290 g/mol. The SMILES string of the molecule is CCCNCc1cnc(-c2cccc(OC(C)C)c2)s1. The van der Waals surface area contributed by atoms with Gasteiger partial charge >= 0.3 is 0 Å². The maximum atomic E-state index is 5.73. The third kappa shape index (κ3) is 4.32. The molecule has 0 radical (unpaired) electrons. The van der Waals surface area contributed by atoms with E-state index in [9.17, 15) is 0 Å². The first-order valence-electron chi connectivity index (χ1n) is 7.11. The zero-order chi connectivity index (χ0) is 14.4.